The summed E-state index contributed by atoms with van der Waals surface area (Å²) in [5.74, 6) is 1.44. The minimum atomic E-state index is 0.278. The van der Waals surface area contributed by atoms with Gasteiger partial charge >= 0.3 is 0 Å². The highest BCUT2D eigenvalue weighted by Gasteiger charge is 2.25. The van der Waals surface area contributed by atoms with Gasteiger partial charge in [-0.15, -0.1) is 0 Å². The second kappa shape index (κ2) is 12.6. The average molecular weight is 697 g/mol. The standard InChI is InChI=1S/C51H40N2O/c1-31(2)41-26-35(33-16-7-5-8-17-33)27-42(32(3)4)49(41)53-47-25-14-13-24-46(47)52-51(53)40-23-15-22-39-45-30-44-36(29-48(45)54-50(39)40)28-43(34-18-9-6-10-19-34)37-20-11-12-21-38(37)44/h5-32H,1-4H3. The van der Waals surface area contributed by atoms with Crippen molar-refractivity contribution in [3.05, 3.63) is 169 Å². The molecule has 2 heterocycles. The predicted octanol–water partition coefficient (Wildman–Crippen LogP) is 14.5. The van der Waals surface area contributed by atoms with E-state index in [-0.39, 0.29) is 11.8 Å². The van der Waals surface area contributed by atoms with E-state index in [9.17, 15) is 0 Å². The molecular formula is C51H40N2O. The lowest BCUT2D eigenvalue weighted by molar-refractivity contribution is 0.670. The molecule has 3 nitrogen and oxygen atoms in total. The first kappa shape index (κ1) is 32.2. The Morgan fingerprint density at radius 3 is 1.83 bits per heavy atom. The maximum atomic E-state index is 6.97. The fraction of sp³-hybridized carbons (Fsp3) is 0.118. The molecule has 0 unspecified atom stereocenters. The van der Waals surface area contributed by atoms with Crippen LogP contribution in [0.2, 0.25) is 0 Å². The third-order valence-corrected chi connectivity index (χ3v) is 11.1. The van der Waals surface area contributed by atoms with Crippen molar-refractivity contribution in [3.63, 3.8) is 0 Å². The van der Waals surface area contributed by atoms with Crippen LogP contribution in [0.5, 0.6) is 0 Å². The molecule has 0 saturated carbocycles. The SMILES string of the molecule is CC(C)c1cc(-c2ccccc2)cc(C(C)C)c1-n1c(-c2cccc3c2oc2cc4cc(-c5ccccc5)c5ccccc5c4cc23)nc2ccccc21. The van der Waals surface area contributed by atoms with E-state index in [1.54, 1.807) is 0 Å². The zero-order valence-corrected chi connectivity index (χ0v) is 31.0. The molecule has 0 N–H and O–H groups in total. The van der Waals surface area contributed by atoms with E-state index in [4.69, 9.17) is 9.40 Å². The fourth-order valence-corrected chi connectivity index (χ4v) is 8.48. The number of hydrogen-bond donors (Lipinski definition) is 0. The van der Waals surface area contributed by atoms with Crippen molar-refractivity contribution >= 4 is 54.5 Å². The lowest BCUT2D eigenvalue weighted by Crippen LogP contribution is -2.09. The number of furan rings is 1. The average Bonchev–Trinajstić information content (AvgIpc) is 3.78. The van der Waals surface area contributed by atoms with E-state index in [0.29, 0.717) is 0 Å². The van der Waals surface area contributed by atoms with Crippen LogP contribution >= 0.6 is 0 Å². The van der Waals surface area contributed by atoms with E-state index in [0.717, 1.165) is 49.7 Å². The number of fused-ring (bicyclic) bond motifs is 7. The molecule has 8 aromatic carbocycles. The predicted molar refractivity (Wildman–Crippen MR) is 228 cm³/mol. The molecule has 3 heteroatoms. The molecule has 10 aromatic rings. The summed E-state index contributed by atoms with van der Waals surface area (Å²) >= 11 is 0. The Morgan fingerprint density at radius 1 is 0.481 bits per heavy atom. The molecule has 0 aliphatic rings. The van der Waals surface area contributed by atoms with Crippen LogP contribution in [0.15, 0.2) is 162 Å². The third-order valence-electron chi connectivity index (χ3n) is 11.1. The maximum absolute atomic E-state index is 6.97. The summed E-state index contributed by atoms with van der Waals surface area (Å²) < 4.78 is 9.38. The molecule has 260 valence electrons. The zero-order chi connectivity index (χ0) is 36.5. The molecular weight excluding hydrogens is 657 g/mol. The van der Waals surface area contributed by atoms with Gasteiger partial charge in [-0.2, -0.15) is 0 Å². The van der Waals surface area contributed by atoms with Crippen molar-refractivity contribution in [3.8, 4) is 39.3 Å². The van der Waals surface area contributed by atoms with Gasteiger partial charge in [-0.3, -0.25) is 4.57 Å². The fourth-order valence-electron chi connectivity index (χ4n) is 8.48. The van der Waals surface area contributed by atoms with Crippen molar-refractivity contribution < 1.29 is 4.42 Å². The van der Waals surface area contributed by atoms with Gasteiger partial charge in [0.1, 0.15) is 17.0 Å². The van der Waals surface area contributed by atoms with Crippen molar-refractivity contribution in [2.24, 2.45) is 0 Å². The third kappa shape index (κ3) is 5.07. The Labute approximate surface area is 315 Å². The smallest absolute Gasteiger partial charge is 0.149 e. The van der Waals surface area contributed by atoms with Gasteiger partial charge in [0.25, 0.3) is 0 Å². The Balaban J connectivity index is 1.25. The number of para-hydroxylation sites is 3. The summed E-state index contributed by atoms with van der Waals surface area (Å²) in [5.41, 5.74) is 13.5. The van der Waals surface area contributed by atoms with Crippen LogP contribution in [-0.4, -0.2) is 9.55 Å². The van der Waals surface area contributed by atoms with Crippen LogP contribution in [0.1, 0.15) is 50.7 Å². The topological polar surface area (TPSA) is 31.0 Å². The van der Waals surface area contributed by atoms with Gasteiger partial charge in [0, 0.05) is 10.8 Å². The largest absolute Gasteiger partial charge is 0.455 e. The summed E-state index contributed by atoms with van der Waals surface area (Å²) in [7, 11) is 0. The molecule has 0 amide bonds. The first-order valence-corrected chi connectivity index (χ1v) is 19.0. The van der Waals surface area contributed by atoms with Gasteiger partial charge in [-0.05, 0) is 115 Å². The van der Waals surface area contributed by atoms with Crippen molar-refractivity contribution in [1.29, 1.82) is 0 Å². The van der Waals surface area contributed by atoms with Gasteiger partial charge in [0.05, 0.1) is 22.3 Å². The lowest BCUT2D eigenvalue weighted by atomic mass is 9.88. The highest BCUT2D eigenvalue weighted by molar-refractivity contribution is 6.20. The van der Waals surface area contributed by atoms with E-state index in [1.165, 1.54) is 55.2 Å². The summed E-state index contributed by atoms with van der Waals surface area (Å²) in [6.45, 7) is 9.20. The number of aromatic nitrogens is 2. The molecule has 0 bridgehead atoms. The van der Waals surface area contributed by atoms with Crippen molar-refractivity contribution in [2.75, 3.05) is 0 Å². The minimum Gasteiger partial charge on any atom is -0.455 e. The van der Waals surface area contributed by atoms with Crippen LogP contribution in [0.3, 0.4) is 0 Å². The normalized spacial score (nSPS) is 12.0. The number of rotatable bonds is 6. The second-order valence-electron chi connectivity index (χ2n) is 15.1. The number of nitrogens with zero attached hydrogens (tertiary/aromatic N) is 2. The second-order valence-corrected chi connectivity index (χ2v) is 15.1. The van der Waals surface area contributed by atoms with Gasteiger partial charge in [0.15, 0.2) is 0 Å². The van der Waals surface area contributed by atoms with E-state index >= 15 is 0 Å². The van der Waals surface area contributed by atoms with E-state index < -0.39 is 0 Å². The molecule has 0 spiro atoms. The molecule has 10 rings (SSSR count). The molecule has 54 heavy (non-hydrogen) atoms. The summed E-state index contributed by atoms with van der Waals surface area (Å²) in [4.78, 5) is 5.41. The van der Waals surface area contributed by atoms with Gasteiger partial charge < -0.3 is 4.42 Å². The van der Waals surface area contributed by atoms with E-state index in [1.807, 2.05) is 0 Å². The zero-order valence-electron chi connectivity index (χ0n) is 31.0. The first-order valence-electron chi connectivity index (χ1n) is 19.0. The monoisotopic (exact) mass is 696 g/mol. The molecule has 0 aliphatic heterocycles. The summed E-state index contributed by atoms with van der Waals surface area (Å²) in [6.07, 6.45) is 0. The first-order chi connectivity index (χ1) is 26.4. The van der Waals surface area contributed by atoms with Crippen LogP contribution in [-0.2, 0) is 0 Å². The van der Waals surface area contributed by atoms with Gasteiger partial charge in [0.2, 0.25) is 0 Å². The number of hydrogen-bond acceptors (Lipinski definition) is 2. The van der Waals surface area contributed by atoms with Crippen LogP contribution < -0.4 is 0 Å². The van der Waals surface area contributed by atoms with Crippen LogP contribution in [0.4, 0.5) is 0 Å². The molecule has 0 atom stereocenters. The van der Waals surface area contributed by atoms with Crippen LogP contribution in [0.25, 0.3) is 93.8 Å². The molecule has 2 aromatic heterocycles. The highest BCUT2D eigenvalue weighted by Crippen LogP contribution is 2.44. The maximum Gasteiger partial charge on any atom is 0.149 e. The number of imidazole rings is 1. The molecule has 0 aliphatic carbocycles. The highest BCUT2D eigenvalue weighted by atomic mass is 16.3. The Kier molecular flexibility index (Phi) is 7.52. The Morgan fingerprint density at radius 2 is 1.11 bits per heavy atom. The molecule has 0 radical (unpaired) electrons. The number of benzene rings is 8. The quantitative estimate of drug-likeness (QED) is 0.162. The summed E-state index contributed by atoms with van der Waals surface area (Å²) in [5, 5.41) is 7.07. The van der Waals surface area contributed by atoms with Crippen molar-refractivity contribution in [2.45, 2.75) is 39.5 Å². The molecule has 0 saturated heterocycles. The van der Waals surface area contributed by atoms with E-state index in [2.05, 4.69) is 190 Å². The van der Waals surface area contributed by atoms with Crippen LogP contribution in [0, 0.1) is 0 Å². The molecule has 0 fully saturated rings. The van der Waals surface area contributed by atoms with Gasteiger partial charge in [-0.1, -0.05) is 137 Å². The lowest BCUT2D eigenvalue weighted by Gasteiger charge is -2.24. The van der Waals surface area contributed by atoms with Gasteiger partial charge in [-0.25, -0.2) is 4.98 Å². The summed E-state index contributed by atoms with van der Waals surface area (Å²) in [6, 6.07) is 56.9. The Hall–Kier alpha value is -6.45. The van der Waals surface area contributed by atoms with Crippen molar-refractivity contribution in [1.82, 2.24) is 9.55 Å². The Bertz CT molecular complexity index is 3010. The minimum absolute atomic E-state index is 0.278.